The first-order valence-electron chi connectivity index (χ1n) is 10.6. The fraction of sp³-hybridized carbons (Fsp3) is 0.818. The summed E-state index contributed by atoms with van der Waals surface area (Å²) in [5.41, 5.74) is 0. The van der Waals surface area contributed by atoms with Gasteiger partial charge in [0, 0.05) is 19.8 Å². The third-order valence-corrected chi connectivity index (χ3v) is 6.14. The molecular weight excluding hydrogens is 392 g/mol. The van der Waals surface area contributed by atoms with E-state index in [1.54, 1.807) is 6.08 Å². The summed E-state index contributed by atoms with van der Waals surface area (Å²) in [6, 6.07) is 0. The smallest absolute Gasteiger partial charge is 0.303 e. The molecule has 0 aromatic rings. The minimum atomic E-state index is -0.719. The molecule has 0 aromatic carbocycles. The second-order valence-corrected chi connectivity index (χ2v) is 8.40. The minimum absolute atomic E-state index is 0.00496. The molecule has 2 heterocycles. The van der Waals surface area contributed by atoms with Crippen molar-refractivity contribution in [1.29, 1.82) is 0 Å². The van der Waals surface area contributed by atoms with Gasteiger partial charge in [0.2, 0.25) is 0 Å². The van der Waals surface area contributed by atoms with E-state index in [0.717, 1.165) is 0 Å². The zero-order valence-electron chi connectivity index (χ0n) is 18.9. The first-order valence-corrected chi connectivity index (χ1v) is 10.6. The molecule has 8 heteroatoms. The molecule has 0 bridgehead atoms. The standard InChI is InChI=1S/C22H36O8/c1-8-9-25-21-20(15(5)14(4)18(29-21)11-26-16(6)23)30-22-19(28-17(7)24)13(3)12(2)10-27-22/h8,12-15,18-22H,1,9-11H2,2-7H3/t12-,13+,14+,15+,18?,19+,20+,21?,22?/m1/s1. The van der Waals surface area contributed by atoms with Crippen LogP contribution in [-0.2, 0) is 38.0 Å². The number of carbonyl (C=O) groups is 2. The Morgan fingerprint density at radius 1 is 1.00 bits per heavy atom. The fourth-order valence-corrected chi connectivity index (χ4v) is 3.83. The van der Waals surface area contributed by atoms with Crippen LogP contribution in [0.15, 0.2) is 12.7 Å². The Kier molecular flexibility index (Phi) is 9.28. The van der Waals surface area contributed by atoms with E-state index in [9.17, 15) is 9.59 Å². The lowest BCUT2D eigenvalue weighted by molar-refractivity contribution is -0.335. The van der Waals surface area contributed by atoms with Gasteiger partial charge in [-0.3, -0.25) is 9.59 Å². The lowest BCUT2D eigenvalue weighted by Gasteiger charge is -2.47. The van der Waals surface area contributed by atoms with Crippen LogP contribution in [0.1, 0.15) is 41.5 Å². The molecule has 0 radical (unpaired) electrons. The van der Waals surface area contributed by atoms with Crippen molar-refractivity contribution in [3.05, 3.63) is 12.7 Å². The van der Waals surface area contributed by atoms with E-state index in [1.807, 2.05) is 20.8 Å². The molecule has 0 saturated carbocycles. The quantitative estimate of drug-likeness (QED) is 0.431. The van der Waals surface area contributed by atoms with E-state index in [1.165, 1.54) is 13.8 Å². The lowest BCUT2D eigenvalue weighted by Crippen LogP contribution is -2.57. The highest BCUT2D eigenvalue weighted by Crippen LogP contribution is 2.37. The maximum atomic E-state index is 11.7. The van der Waals surface area contributed by atoms with Crippen LogP contribution in [0, 0.1) is 23.7 Å². The molecule has 9 atom stereocenters. The number of ether oxygens (including phenoxy) is 6. The van der Waals surface area contributed by atoms with E-state index in [2.05, 4.69) is 13.5 Å². The highest BCUT2D eigenvalue weighted by Gasteiger charge is 2.47. The molecule has 0 aromatic heterocycles. The lowest BCUT2D eigenvalue weighted by atomic mass is 9.83. The van der Waals surface area contributed by atoms with Crippen LogP contribution in [0.3, 0.4) is 0 Å². The first-order chi connectivity index (χ1) is 14.1. The van der Waals surface area contributed by atoms with Crippen molar-refractivity contribution >= 4 is 11.9 Å². The van der Waals surface area contributed by atoms with Crippen molar-refractivity contribution in [2.45, 2.75) is 72.4 Å². The van der Waals surface area contributed by atoms with Crippen LogP contribution in [0.4, 0.5) is 0 Å². The summed E-state index contributed by atoms with van der Waals surface area (Å²) in [6.07, 6.45) is -1.10. The Labute approximate surface area is 179 Å². The summed E-state index contributed by atoms with van der Waals surface area (Å²) < 4.78 is 34.9. The van der Waals surface area contributed by atoms with Crippen molar-refractivity contribution in [2.24, 2.45) is 23.7 Å². The maximum absolute atomic E-state index is 11.7. The number of rotatable bonds is 8. The summed E-state index contributed by atoms with van der Waals surface area (Å²) in [5.74, 6) is -0.387. The van der Waals surface area contributed by atoms with E-state index >= 15 is 0 Å². The molecule has 2 aliphatic heterocycles. The van der Waals surface area contributed by atoms with Gasteiger partial charge in [0.1, 0.15) is 12.7 Å². The van der Waals surface area contributed by atoms with Crippen molar-refractivity contribution in [1.82, 2.24) is 0 Å². The summed E-state index contributed by atoms with van der Waals surface area (Å²) in [4.78, 5) is 22.9. The molecule has 2 aliphatic rings. The van der Waals surface area contributed by atoms with E-state index in [-0.39, 0.29) is 54.9 Å². The molecule has 2 saturated heterocycles. The van der Waals surface area contributed by atoms with E-state index in [0.29, 0.717) is 6.61 Å². The molecule has 8 nitrogen and oxygen atoms in total. The average molecular weight is 429 g/mol. The number of hydrogen-bond donors (Lipinski definition) is 0. The van der Waals surface area contributed by atoms with Crippen LogP contribution in [-0.4, -0.2) is 62.7 Å². The average Bonchev–Trinajstić information content (AvgIpc) is 2.68. The Balaban J connectivity index is 2.17. The predicted molar refractivity (Wildman–Crippen MR) is 108 cm³/mol. The van der Waals surface area contributed by atoms with Gasteiger partial charge in [-0.2, -0.15) is 0 Å². The van der Waals surface area contributed by atoms with Gasteiger partial charge in [-0.1, -0.05) is 33.8 Å². The summed E-state index contributed by atoms with van der Waals surface area (Å²) in [7, 11) is 0. The Hall–Kier alpha value is -1.48. The SMILES string of the molecule is C=CCOC1OC(COC(C)=O)[C@@H](C)[C@H](C)[C@@H]1OC1OC[C@@H](C)[C@H](C)[C@@H]1OC(C)=O. The van der Waals surface area contributed by atoms with Crippen molar-refractivity contribution in [3.8, 4) is 0 Å². The van der Waals surface area contributed by atoms with Crippen LogP contribution in [0.2, 0.25) is 0 Å². The molecule has 2 fully saturated rings. The van der Waals surface area contributed by atoms with E-state index in [4.69, 9.17) is 28.4 Å². The highest BCUT2D eigenvalue weighted by atomic mass is 16.7. The third-order valence-electron chi connectivity index (χ3n) is 6.14. The van der Waals surface area contributed by atoms with Crippen molar-refractivity contribution < 1.29 is 38.0 Å². The second-order valence-electron chi connectivity index (χ2n) is 8.40. The van der Waals surface area contributed by atoms with Crippen LogP contribution < -0.4 is 0 Å². The predicted octanol–water partition coefficient (Wildman–Crippen LogP) is 2.69. The monoisotopic (exact) mass is 428 g/mol. The third kappa shape index (κ3) is 6.26. The molecule has 0 N–H and O–H groups in total. The molecule has 0 spiro atoms. The maximum Gasteiger partial charge on any atom is 0.303 e. The van der Waals surface area contributed by atoms with Gasteiger partial charge in [0.05, 0.1) is 19.3 Å². The molecule has 0 amide bonds. The molecule has 30 heavy (non-hydrogen) atoms. The largest absolute Gasteiger partial charge is 0.463 e. The zero-order valence-corrected chi connectivity index (χ0v) is 18.9. The van der Waals surface area contributed by atoms with Gasteiger partial charge < -0.3 is 28.4 Å². The Morgan fingerprint density at radius 2 is 1.70 bits per heavy atom. The van der Waals surface area contributed by atoms with Crippen molar-refractivity contribution in [2.75, 3.05) is 19.8 Å². The van der Waals surface area contributed by atoms with Crippen LogP contribution in [0.5, 0.6) is 0 Å². The van der Waals surface area contributed by atoms with E-state index < -0.39 is 24.8 Å². The number of carbonyl (C=O) groups excluding carboxylic acids is 2. The zero-order chi connectivity index (χ0) is 22.4. The van der Waals surface area contributed by atoms with Gasteiger partial charge in [-0.05, 0) is 17.8 Å². The van der Waals surface area contributed by atoms with Crippen LogP contribution >= 0.6 is 0 Å². The number of hydrogen-bond acceptors (Lipinski definition) is 8. The summed E-state index contributed by atoms with van der Waals surface area (Å²) >= 11 is 0. The summed E-state index contributed by atoms with van der Waals surface area (Å²) in [5, 5.41) is 0. The number of esters is 2. The molecular formula is C22H36O8. The second kappa shape index (κ2) is 11.2. The Morgan fingerprint density at radius 3 is 2.30 bits per heavy atom. The highest BCUT2D eigenvalue weighted by molar-refractivity contribution is 5.66. The van der Waals surface area contributed by atoms with Gasteiger partial charge in [-0.15, -0.1) is 6.58 Å². The molecule has 3 unspecified atom stereocenters. The fourth-order valence-electron chi connectivity index (χ4n) is 3.83. The van der Waals surface area contributed by atoms with Gasteiger partial charge in [0.25, 0.3) is 0 Å². The Bertz CT molecular complexity index is 594. The first kappa shape index (κ1) is 24.8. The van der Waals surface area contributed by atoms with Gasteiger partial charge in [-0.25, -0.2) is 0 Å². The molecule has 2 rings (SSSR count). The van der Waals surface area contributed by atoms with Gasteiger partial charge in [0.15, 0.2) is 18.7 Å². The molecule has 0 aliphatic carbocycles. The molecule has 172 valence electrons. The summed E-state index contributed by atoms with van der Waals surface area (Å²) in [6.45, 7) is 15.5. The van der Waals surface area contributed by atoms with Crippen molar-refractivity contribution in [3.63, 3.8) is 0 Å². The topological polar surface area (TPSA) is 89.5 Å². The normalized spacial score (nSPS) is 39.2. The minimum Gasteiger partial charge on any atom is -0.463 e. The van der Waals surface area contributed by atoms with Gasteiger partial charge >= 0.3 is 11.9 Å². The van der Waals surface area contributed by atoms with Crippen LogP contribution in [0.25, 0.3) is 0 Å².